The van der Waals surface area contributed by atoms with Gasteiger partial charge in [-0.15, -0.1) is 11.8 Å². The van der Waals surface area contributed by atoms with Crippen molar-refractivity contribution in [1.29, 1.82) is 0 Å². The molecule has 23 heavy (non-hydrogen) atoms. The van der Waals surface area contributed by atoms with E-state index in [1.807, 2.05) is 36.0 Å². The van der Waals surface area contributed by atoms with Gasteiger partial charge >= 0.3 is 0 Å². The number of nitrogens with zero attached hydrogens (tertiary/aromatic N) is 1. The van der Waals surface area contributed by atoms with Crippen LogP contribution in [0.2, 0.25) is 0 Å². The van der Waals surface area contributed by atoms with Gasteiger partial charge in [0, 0.05) is 18.0 Å². The van der Waals surface area contributed by atoms with E-state index in [-0.39, 0.29) is 5.91 Å². The highest BCUT2D eigenvalue weighted by Crippen LogP contribution is 2.33. The number of carbonyl (C=O) groups excluding carboxylic acids is 1. The lowest BCUT2D eigenvalue weighted by Gasteiger charge is -2.23. The minimum absolute atomic E-state index is 0.0997. The summed E-state index contributed by atoms with van der Waals surface area (Å²) in [6, 6.07) is 18.6. The van der Waals surface area contributed by atoms with E-state index < -0.39 is 0 Å². The van der Waals surface area contributed by atoms with Crippen molar-refractivity contribution < 1.29 is 4.79 Å². The van der Waals surface area contributed by atoms with Crippen LogP contribution in [0, 0.1) is 0 Å². The summed E-state index contributed by atoms with van der Waals surface area (Å²) in [6.07, 6.45) is 1.98. The fourth-order valence-electron chi connectivity index (χ4n) is 2.78. The largest absolute Gasteiger partial charge is 0.361 e. The number of nitrogens with one attached hydrogen (secondary N) is 1. The predicted octanol–water partition coefficient (Wildman–Crippen LogP) is 3.35. The fourth-order valence-corrected chi connectivity index (χ4v) is 3.80. The summed E-state index contributed by atoms with van der Waals surface area (Å²) in [7, 11) is 0. The predicted molar refractivity (Wildman–Crippen MR) is 97.2 cm³/mol. The summed E-state index contributed by atoms with van der Waals surface area (Å²) in [5.74, 6) is 1.21. The first-order valence-electron chi connectivity index (χ1n) is 8.10. The molecule has 4 heteroatoms. The number of thioether (sulfide) groups is 1. The van der Waals surface area contributed by atoms with Crippen LogP contribution in [0.25, 0.3) is 0 Å². The number of benzene rings is 2. The van der Waals surface area contributed by atoms with E-state index in [9.17, 15) is 4.79 Å². The first-order valence-corrected chi connectivity index (χ1v) is 9.09. The quantitative estimate of drug-likeness (QED) is 0.914. The average Bonchev–Trinajstić information content (AvgIpc) is 2.78. The first-order chi connectivity index (χ1) is 11.3. The number of rotatable bonds is 5. The Bertz CT molecular complexity index is 645. The molecule has 0 saturated carbocycles. The molecular formula is C19H22N2OS. The molecule has 0 saturated heterocycles. The Balaban J connectivity index is 1.53. The number of carbonyl (C=O) groups is 1. The zero-order chi connectivity index (χ0) is 15.9. The average molecular weight is 326 g/mol. The van der Waals surface area contributed by atoms with Crippen LogP contribution in [0.15, 0.2) is 59.5 Å². The molecule has 3 nitrogen and oxygen atoms in total. The Morgan fingerprint density at radius 1 is 1.09 bits per heavy atom. The SMILES string of the molecule is O=C(CN1CCCSc2ccccc21)NCCc1ccccc1. The summed E-state index contributed by atoms with van der Waals surface area (Å²) in [4.78, 5) is 15.7. The standard InChI is InChI=1S/C19H22N2OS/c22-19(20-12-11-16-7-2-1-3-8-16)15-21-13-6-14-23-18-10-5-4-9-17(18)21/h1-5,7-10H,6,11-15H2,(H,20,22). The van der Waals surface area contributed by atoms with Gasteiger partial charge in [-0.05, 0) is 36.3 Å². The minimum atomic E-state index is 0.0997. The Morgan fingerprint density at radius 3 is 2.74 bits per heavy atom. The van der Waals surface area contributed by atoms with Crippen molar-refractivity contribution in [3.63, 3.8) is 0 Å². The molecule has 0 aliphatic carbocycles. The molecule has 1 aliphatic rings. The van der Waals surface area contributed by atoms with Crippen molar-refractivity contribution in [2.24, 2.45) is 0 Å². The van der Waals surface area contributed by atoms with Crippen molar-refractivity contribution in [2.75, 3.05) is 30.3 Å². The van der Waals surface area contributed by atoms with Gasteiger partial charge in [-0.3, -0.25) is 4.79 Å². The van der Waals surface area contributed by atoms with Crippen LogP contribution >= 0.6 is 11.8 Å². The van der Waals surface area contributed by atoms with E-state index in [4.69, 9.17) is 0 Å². The van der Waals surface area contributed by atoms with Gasteiger partial charge in [-0.25, -0.2) is 0 Å². The number of fused-ring (bicyclic) bond motifs is 1. The van der Waals surface area contributed by atoms with Crippen molar-refractivity contribution >= 4 is 23.4 Å². The second-order valence-corrected chi connectivity index (χ2v) is 6.81. The lowest BCUT2D eigenvalue weighted by Crippen LogP contribution is -2.38. The third kappa shape index (κ3) is 4.52. The molecule has 0 spiro atoms. The molecule has 1 N–H and O–H groups in total. The van der Waals surface area contributed by atoms with Crippen molar-refractivity contribution in [3.05, 3.63) is 60.2 Å². The molecule has 120 valence electrons. The zero-order valence-electron chi connectivity index (χ0n) is 13.2. The fraction of sp³-hybridized carbons (Fsp3) is 0.316. The summed E-state index contributed by atoms with van der Waals surface area (Å²) < 4.78 is 0. The van der Waals surface area contributed by atoms with Gasteiger partial charge in [0.05, 0.1) is 12.2 Å². The topological polar surface area (TPSA) is 32.3 Å². The van der Waals surface area contributed by atoms with Crippen LogP contribution in [-0.4, -0.2) is 31.3 Å². The summed E-state index contributed by atoms with van der Waals surface area (Å²) in [5, 5.41) is 3.04. The minimum Gasteiger partial charge on any atom is -0.361 e. The van der Waals surface area contributed by atoms with Gasteiger partial charge in [0.1, 0.15) is 0 Å². The molecule has 0 fully saturated rings. The third-order valence-corrected chi connectivity index (χ3v) is 5.10. The number of hydrogen-bond acceptors (Lipinski definition) is 3. The van der Waals surface area contributed by atoms with Gasteiger partial charge in [-0.2, -0.15) is 0 Å². The van der Waals surface area contributed by atoms with Crippen LogP contribution in [0.3, 0.4) is 0 Å². The molecular weight excluding hydrogens is 304 g/mol. The monoisotopic (exact) mass is 326 g/mol. The number of anilines is 1. The number of amides is 1. The third-order valence-electron chi connectivity index (χ3n) is 3.95. The molecule has 1 aliphatic heterocycles. The second-order valence-electron chi connectivity index (χ2n) is 5.68. The molecule has 3 rings (SSSR count). The van der Waals surface area contributed by atoms with Gasteiger partial charge in [0.25, 0.3) is 0 Å². The highest BCUT2D eigenvalue weighted by atomic mass is 32.2. The summed E-state index contributed by atoms with van der Waals surface area (Å²) in [5.41, 5.74) is 2.44. The Morgan fingerprint density at radius 2 is 1.87 bits per heavy atom. The Hall–Kier alpha value is -1.94. The van der Waals surface area contributed by atoms with E-state index in [1.165, 1.54) is 16.1 Å². The normalized spacial score (nSPS) is 14.0. The van der Waals surface area contributed by atoms with E-state index >= 15 is 0 Å². The van der Waals surface area contributed by atoms with Gasteiger partial charge in [0.2, 0.25) is 5.91 Å². The zero-order valence-corrected chi connectivity index (χ0v) is 14.0. The van der Waals surface area contributed by atoms with Gasteiger partial charge < -0.3 is 10.2 Å². The van der Waals surface area contributed by atoms with Crippen molar-refractivity contribution in [3.8, 4) is 0 Å². The molecule has 0 bridgehead atoms. The summed E-state index contributed by atoms with van der Waals surface area (Å²) >= 11 is 1.88. The smallest absolute Gasteiger partial charge is 0.239 e. The number of hydrogen-bond donors (Lipinski definition) is 1. The maximum absolute atomic E-state index is 12.3. The van der Waals surface area contributed by atoms with Gasteiger partial charge in [-0.1, -0.05) is 42.5 Å². The first kappa shape index (κ1) is 15.9. The molecule has 0 aromatic heterocycles. The van der Waals surface area contributed by atoms with Crippen LogP contribution in [0.1, 0.15) is 12.0 Å². The van der Waals surface area contributed by atoms with E-state index in [0.717, 1.165) is 25.1 Å². The molecule has 1 amide bonds. The molecule has 1 heterocycles. The highest BCUT2D eigenvalue weighted by molar-refractivity contribution is 7.99. The molecule has 2 aromatic carbocycles. The van der Waals surface area contributed by atoms with Crippen molar-refractivity contribution in [2.45, 2.75) is 17.7 Å². The van der Waals surface area contributed by atoms with Crippen LogP contribution in [-0.2, 0) is 11.2 Å². The van der Waals surface area contributed by atoms with Gasteiger partial charge in [0.15, 0.2) is 0 Å². The highest BCUT2D eigenvalue weighted by Gasteiger charge is 2.17. The van der Waals surface area contributed by atoms with E-state index in [1.54, 1.807) is 0 Å². The summed E-state index contributed by atoms with van der Waals surface area (Å²) in [6.45, 7) is 2.07. The van der Waals surface area contributed by atoms with Crippen LogP contribution < -0.4 is 10.2 Å². The molecule has 0 radical (unpaired) electrons. The maximum Gasteiger partial charge on any atom is 0.239 e. The van der Waals surface area contributed by atoms with Crippen LogP contribution in [0.4, 0.5) is 5.69 Å². The van der Waals surface area contributed by atoms with E-state index in [0.29, 0.717) is 13.1 Å². The van der Waals surface area contributed by atoms with Crippen molar-refractivity contribution in [1.82, 2.24) is 5.32 Å². The van der Waals surface area contributed by atoms with E-state index in [2.05, 4.69) is 40.5 Å². The van der Waals surface area contributed by atoms with Crippen LogP contribution in [0.5, 0.6) is 0 Å². The Labute approximate surface area is 142 Å². The molecule has 0 atom stereocenters. The molecule has 2 aromatic rings. The maximum atomic E-state index is 12.3. The molecule has 0 unspecified atom stereocenters. The lowest BCUT2D eigenvalue weighted by molar-refractivity contribution is -0.119. The lowest BCUT2D eigenvalue weighted by atomic mass is 10.1. The Kier molecular flexibility index (Phi) is 5.59. The number of para-hydroxylation sites is 1. The second kappa shape index (κ2) is 8.06.